The van der Waals surface area contributed by atoms with Crippen molar-refractivity contribution in [3.8, 4) is 0 Å². The topological polar surface area (TPSA) is 87.2 Å². The third kappa shape index (κ3) is 4.66. The van der Waals surface area contributed by atoms with Crippen LogP contribution in [0.5, 0.6) is 0 Å². The first-order chi connectivity index (χ1) is 17.2. The molecular weight excluding hydrogens is 544 g/mol. The number of nitrogens with zero attached hydrogens (tertiary/aromatic N) is 2. The minimum atomic E-state index is -0.720. The number of rotatable bonds is 10. The van der Waals surface area contributed by atoms with Gasteiger partial charge >= 0.3 is 5.97 Å². The molecule has 0 radical (unpaired) electrons. The molecule has 4 aliphatic rings. The van der Waals surface area contributed by atoms with Crippen LogP contribution in [-0.2, 0) is 19.1 Å². The molecule has 3 unspecified atom stereocenters. The van der Waals surface area contributed by atoms with E-state index in [1.54, 1.807) is 29.7 Å². The Hall–Kier alpha value is -1.06. The van der Waals surface area contributed by atoms with Crippen LogP contribution in [0.15, 0.2) is 12.7 Å². The second-order valence-electron chi connectivity index (χ2n) is 11.2. The summed E-state index contributed by atoms with van der Waals surface area (Å²) in [6, 6.07) is -1.07. The fourth-order valence-corrected chi connectivity index (χ4v) is 10.8. The molecule has 7 nitrogen and oxygen atoms in total. The van der Waals surface area contributed by atoms with Crippen LogP contribution in [0, 0.1) is 17.8 Å². The largest absolute Gasteiger partial charge is 0.466 e. The van der Waals surface area contributed by atoms with Crippen LogP contribution in [0.1, 0.15) is 65.7 Å². The number of alkyl halides is 1. The average Bonchev–Trinajstić information content (AvgIpc) is 3.44. The van der Waals surface area contributed by atoms with E-state index >= 15 is 0 Å². The van der Waals surface area contributed by atoms with Crippen molar-refractivity contribution in [3.05, 3.63) is 12.7 Å². The number of aliphatic hydroxyl groups is 1. The molecule has 7 atom stereocenters. The van der Waals surface area contributed by atoms with Crippen LogP contribution in [-0.4, -0.2) is 85.4 Å². The second-order valence-corrected chi connectivity index (χ2v) is 13.9. The lowest BCUT2D eigenvalue weighted by atomic mass is 9.71. The van der Waals surface area contributed by atoms with E-state index in [4.69, 9.17) is 4.74 Å². The van der Waals surface area contributed by atoms with Gasteiger partial charge in [0.05, 0.1) is 35.8 Å². The highest BCUT2D eigenvalue weighted by Gasteiger charge is 2.76. The van der Waals surface area contributed by atoms with E-state index < -0.39 is 28.7 Å². The molecule has 9 heteroatoms. The smallest absolute Gasteiger partial charge is 0.310 e. The number of ether oxygens (including phenoxy) is 1. The molecule has 2 amide bonds. The van der Waals surface area contributed by atoms with E-state index in [1.807, 2.05) is 4.90 Å². The number of likely N-dealkylation sites (tertiary alicyclic amines) is 1. The summed E-state index contributed by atoms with van der Waals surface area (Å²) in [6.07, 6.45) is 8.26. The molecule has 3 heterocycles. The molecule has 3 aliphatic heterocycles. The number of aliphatic hydroxyl groups excluding tert-OH is 1. The van der Waals surface area contributed by atoms with Crippen molar-refractivity contribution in [2.45, 2.75) is 98.7 Å². The molecule has 3 saturated heterocycles. The number of hydrogen-bond donors (Lipinski definition) is 1. The zero-order valence-electron chi connectivity index (χ0n) is 21.7. The molecule has 1 N–H and O–H groups in total. The Balaban J connectivity index is 1.79. The molecule has 0 aromatic rings. The maximum atomic E-state index is 14.6. The zero-order valence-corrected chi connectivity index (χ0v) is 24.1. The molecule has 2 bridgehead atoms. The van der Waals surface area contributed by atoms with Crippen molar-refractivity contribution in [3.63, 3.8) is 0 Å². The van der Waals surface area contributed by atoms with Gasteiger partial charge < -0.3 is 19.6 Å². The van der Waals surface area contributed by atoms with Gasteiger partial charge in [-0.2, -0.15) is 0 Å². The number of fused-ring (bicyclic) bond motifs is 1. The van der Waals surface area contributed by atoms with E-state index in [0.29, 0.717) is 19.4 Å². The Morgan fingerprint density at radius 3 is 2.61 bits per heavy atom. The molecule has 36 heavy (non-hydrogen) atoms. The first-order valence-electron chi connectivity index (χ1n) is 13.5. The molecular formula is C27H41BrN2O5S. The lowest BCUT2D eigenvalue weighted by molar-refractivity contribution is -0.154. The highest BCUT2D eigenvalue weighted by atomic mass is 79.9. The molecule has 4 fully saturated rings. The summed E-state index contributed by atoms with van der Waals surface area (Å²) in [5.41, 5.74) is 0. The van der Waals surface area contributed by atoms with Gasteiger partial charge in [0.15, 0.2) is 0 Å². The third-order valence-electron chi connectivity index (χ3n) is 8.49. The second kappa shape index (κ2) is 11.4. The summed E-state index contributed by atoms with van der Waals surface area (Å²) in [4.78, 5) is 45.6. The van der Waals surface area contributed by atoms with Gasteiger partial charge in [-0.15, -0.1) is 18.3 Å². The van der Waals surface area contributed by atoms with Crippen molar-refractivity contribution in [1.29, 1.82) is 0 Å². The maximum Gasteiger partial charge on any atom is 0.310 e. The molecule has 1 saturated carbocycles. The van der Waals surface area contributed by atoms with E-state index in [2.05, 4.69) is 36.4 Å². The Kier molecular flexibility index (Phi) is 8.82. The van der Waals surface area contributed by atoms with Crippen molar-refractivity contribution in [1.82, 2.24) is 9.80 Å². The van der Waals surface area contributed by atoms with Crippen molar-refractivity contribution >= 4 is 45.5 Å². The summed E-state index contributed by atoms with van der Waals surface area (Å²) < 4.78 is 4.72. The fraction of sp³-hybridized carbons (Fsp3) is 0.815. The lowest BCUT2D eigenvalue weighted by Crippen LogP contribution is -2.59. The van der Waals surface area contributed by atoms with Crippen molar-refractivity contribution in [2.75, 3.05) is 19.8 Å². The van der Waals surface area contributed by atoms with Gasteiger partial charge in [-0.1, -0.05) is 55.1 Å². The summed E-state index contributed by atoms with van der Waals surface area (Å²) >= 11 is 5.42. The number of halogens is 1. The predicted octanol–water partition coefficient (Wildman–Crippen LogP) is 3.77. The standard InChI is InChI=1S/C27H41BrN2O5S/c1-5-12-29(17-10-8-7-9-11-17)25(33)23-27-14-19(28)22(36-27)20(26(34)35-6-2)21(27)24(32)30(23)18(15-31)13-16(3)4/h5,16-23,31H,1,6-15H2,2-4H3/t18-,19?,20+,21+,22+,23?,27?/m1/s1. The minimum Gasteiger partial charge on any atom is -0.466 e. The van der Waals surface area contributed by atoms with Gasteiger partial charge in [0, 0.05) is 22.7 Å². The monoisotopic (exact) mass is 584 g/mol. The van der Waals surface area contributed by atoms with E-state index in [9.17, 15) is 19.5 Å². The first-order valence-corrected chi connectivity index (χ1v) is 15.3. The Morgan fingerprint density at radius 2 is 2.03 bits per heavy atom. The molecule has 1 aliphatic carbocycles. The van der Waals surface area contributed by atoms with Crippen LogP contribution in [0.25, 0.3) is 0 Å². The number of carbonyl (C=O) groups is 3. The predicted molar refractivity (Wildman–Crippen MR) is 145 cm³/mol. The quantitative estimate of drug-likeness (QED) is 0.239. The fourth-order valence-electron chi connectivity index (χ4n) is 7.18. The minimum absolute atomic E-state index is 0.0106. The van der Waals surface area contributed by atoms with Crippen LogP contribution < -0.4 is 0 Å². The summed E-state index contributed by atoms with van der Waals surface area (Å²) in [5, 5.41) is 10.3. The van der Waals surface area contributed by atoms with E-state index in [-0.39, 0.29) is 53.0 Å². The van der Waals surface area contributed by atoms with Gasteiger partial charge in [0.2, 0.25) is 11.8 Å². The Labute approximate surface area is 227 Å². The van der Waals surface area contributed by atoms with E-state index in [0.717, 1.165) is 25.7 Å². The average molecular weight is 586 g/mol. The third-order valence-corrected chi connectivity index (χ3v) is 11.7. The molecule has 0 aromatic heterocycles. The number of thioether (sulfide) groups is 1. The summed E-state index contributed by atoms with van der Waals surface area (Å²) in [5.74, 6) is -1.57. The zero-order chi connectivity index (χ0) is 26.2. The van der Waals surface area contributed by atoms with Gasteiger partial charge in [0.1, 0.15) is 6.04 Å². The molecule has 1 spiro atoms. The molecule has 4 rings (SSSR count). The Bertz CT molecular complexity index is 865. The first kappa shape index (κ1) is 28.0. The van der Waals surface area contributed by atoms with Crippen LogP contribution in [0.3, 0.4) is 0 Å². The SMILES string of the molecule is C=CCN(C(=O)C1N([C@@H](CO)CC(C)C)C(=O)[C@@H]2[C@H](C(=O)OCC)[C@H]3SC12CC3Br)C1CCCCC1. The lowest BCUT2D eigenvalue weighted by Gasteiger charge is -2.43. The number of hydrogen-bond acceptors (Lipinski definition) is 6. The molecule has 202 valence electrons. The van der Waals surface area contributed by atoms with Crippen LogP contribution in [0.2, 0.25) is 0 Å². The maximum absolute atomic E-state index is 14.6. The number of esters is 1. The number of carbonyl (C=O) groups excluding carboxylic acids is 3. The summed E-state index contributed by atoms with van der Waals surface area (Å²) in [6.45, 7) is 10.3. The van der Waals surface area contributed by atoms with Gasteiger partial charge in [-0.25, -0.2) is 0 Å². The van der Waals surface area contributed by atoms with Gasteiger partial charge in [-0.05, 0) is 38.5 Å². The van der Waals surface area contributed by atoms with Crippen molar-refractivity contribution < 1.29 is 24.2 Å². The highest BCUT2D eigenvalue weighted by Crippen LogP contribution is 2.68. The normalized spacial score (nSPS) is 34.7. The van der Waals surface area contributed by atoms with Crippen molar-refractivity contribution in [2.24, 2.45) is 17.8 Å². The van der Waals surface area contributed by atoms with Crippen LogP contribution in [0.4, 0.5) is 0 Å². The van der Waals surface area contributed by atoms with Gasteiger partial charge in [-0.3, -0.25) is 14.4 Å². The highest BCUT2D eigenvalue weighted by molar-refractivity contribution is 9.09. The van der Waals surface area contributed by atoms with Gasteiger partial charge in [0.25, 0.3) is 0 Å². The number of amides is 2. The molecule has 0 aromatic carbocycles. The Morgan fingerprint density at radius 1 is 1.33 bits per heavy atom. The van der Waals surface area contributed by atoms with E-state index in [1.165, 1.54) is 6.42 Å². The van der Waals surface area contributed by atoms with Crippen LogP contribution >= 0.6 is 27.7 Å². The summed E-state index contributed by atoms with van der Waals surface area (Å²) in [7, 11) is 0.